The van der Waals surface area contributed by atoms with E-state index < -0.39 is 0 Å². The van der Waals surface area contributed by atoms with Crippen molar-refractivity contribution in [1.29, 1.82) is 0 Å². The minimum Gasteiger partial charge on any atom is -0.496 e. The third kappa shape index (κ3) is 7.44. The number of ether oxygens (including phenoxy) is 5. The van der Waals surface area contributed by atoms with Gasteiger partial charge in [0.1, 0.15) is 31.3 Å². The number of hydrogen-bond donors (Lipinski definition) is 0. The van der Waals surface area contributed by atoms with E-state index in [-0.39, 0.29) is 18.0 Å². The molecule has 0 amide bonds. The second kappa shape index (κ2) is 12.9. The third-order valence-corrected chi connectivity index (χ3v) is 5.81. The van der Waals surface area contributed by atoms with Crippen LogP contribution < -0.4 is 18.9 Å². The summed E-state index contributed by atoms with van der Waals surface area (Å²) in [5.41, 5.74) is 1.53. The van der Waals surface area contributed by atoms with Gasteiger partial charge in [0, 0.05) is 31.3 Å². The summed E-state index contributed by atoms with van der Waals surface area (Å²) in [6.45, 7) is 5.77. The van der Waals surface area contributed by atoms with Crippen molar-refractivity contribution < 1.29 is 33.3 Å². The molecule has 0 unspecified atom stereocenters. The van der Waals surface area contributed by atoms with Crippen LogP contribution in [-0.4, -0.2) is 76.2 Å². The number of carbonyl (C=O) groups is 2. The van der Waals surface area contributed by atoms with E-state index in [1.165, 1.54) is 12.2 Å². The fourth-order valence-electron chi connectivity index (χ4n) is 3.86. The van der Waals surface area contributed by atoms with Crippen molar-refractivity contribution >= 4 is 23.7 Å². The van der Waals surface area contributed by atoms with Crippen molar-refractivity contribution in [3.63, 3.8) is 0 Å². The van der Waals surface area contributed by atoms with Crippen LogP contribution in [-0.2, 0) is 14.3 Å². The molecule has 2 aromatic rings. The topological polar surface area (TPSA) is 83.5 Å². The number of benzene rings is 2. The third-order valence-electron chi connectivity index (χ3n) is 5.81. The highest BCUT2D eigenvalue weighted by Gasteiger charge is 2.12. The lowest BCUT2D eigenvalue weighted by Crippen LogP contribution is -2.38. The van der Waals surface area contributed by atoms with Crippen LogP contribution in [0.15, 0.2) is 48.6 Å². The first kappa shape index (κ1) is 25.5. The minimum absolute atomic E-state index is 0.220. The SMILES string of the molecule is COc1cc(OCCN2CCOCC2)ccc1/C=C/C(=O)CC(=O)/C=C/c1ccc2c(c1)OCCO2. The van der Waals surface area contributed by atoms with Gasteiger partial charge in [-0.25, -0.2) is 0 Å². The molecular formula is C28H31NO7. The van der Waals surface area contributed by atoms with Gasteiger partial charge in [-0.3, -0.25) is 14.5 Å². The summed E-state index contributed by atoms with van der Waals surface area (Å²) >= 11 is 0. The van der Waals surface area contributed by atoms with Crippen molar-refractivity contribution in [2.24, 2.45) is 0 Å². The van der Waals surface area contributed by atoms with E-state index in [0.29, 0.717) is 42.8 Å². The number of rotatable bonds is 11. The molecular weight excluding hydrogens is 462 g/mol. The zero-order chi connectivity index (χ0) is 25.2. The summed E-state index contributed by atoms with van der Waals surface area (Å²) < 4.78 is 27.7. The van der Waals surface area contributed by atoms with Crippen LogP contribution in [0.5, 0.6) is 23.0 Å². The van der Waals surface area contributed by atoms with E-state index in [2.05, 4.69) is 4.90 Å². The van der Waals surface area contributed by atoms with Gasteiger partial charge in [-0.1, -0.05) is 12.1 Å². The molecule has 2 aromatic carbocycles. The Morgan fingerprint density at radius 3 is 2.44 bits per heavy atom. The van der Waals surface area contributed by atoms with Crippen molar-refractivity contribution in [1.82, 2.24) is 4.90 Å². The lowest BCUT2D eigenvalue weighted by Gasteiger charge is -2.26. The highest BCUT2D eigenvalue weighted by molar-refractivity contribution is 6.11. The van der Waals surface area contributed by atoms with Crippen molar-refractivity contribution in [2.45, 2.75) is 6.42 Å². The Morgan fingerprint density at radius 1 is 0.917 bits per heavy atom. The first-order valence-corrected chi connectivity index (χ1v) is 12.0. The number of methoxy groups -OCH3 is 1. The van der Waals surface area contributed by atoms with E-state index in [1.807, 2.05) is 24.3 Å². The number of nitrogens with zero attached hydrogens (tertiary/aromatic N) is 1. The van der Waals surface area contributed by atoms with Gasteiger partial charge in [0.2, 0.25) is 0 Å². The fourth-order valence-corrected chi connectivity index (χ4v) is 3.86. The van der Waals surface area contributed by atoms with Gasteiger partial charge in [-0.05, 0) is 48.1 Å². The highest BCUT2D eigenvalue weighted by Crippen LogP contribution is 2.31. The highest BCUT2D eigenvalue weighted by atomic mass is 16.6. The Labute approximate surface area is 211 Å². The molecule has 0 atom stereocenters. The van der Waals surface area contributed by atoms with Crippen LogP contribution in [0.1, 0.15) is 17.5 Å². The van der Waals surface area contributed by atoms with Crippen LogP contribution in [0.4, 0.5) is 0 Å². The molecule has 36 heavy (non-hydrogen) atoms. The minimum atomic E-state index is -0.292. The zero-order valence-corrected chi connectivity index (χ0v) is 20.4. The van der Waals surface area contributed by atoms with E-state index >= 15 is 0 Å². The van der Waals surface area contributed by atoms with Crippen LogP contribution >= 0.6 is 0 Å². The molecule has 2 heterocycles. The number of allylic oxidation sites excluding steroid dienone is 2. The van der Waals surface area contributed by atoms with Gasteiger partial charge in [0.15, 0.2) is 23.1 Å². The molecule has 1 fully saturated rings. The quantitative estimate of drug-likeness (QED) is 0.348. The first-order chi connectivity index (χ1) is 17.6. The van der Waals surface area contributed by atoms with Gasteiger partial charge >= 0.3 is 0 Å². The van der Waals surface area contributed by atoms with Crippen LogP contribution in [0.3, 0.4) is 0 Å². The number of morpholine rings is 1. The molecule has 2 aliphatic heterocycles. The lowest BCUT2D eigenvalue weighted by molar-refractivity contribution is -0.121. The van der Waals surface area contributed by atoms with E-state index in [4.69, 9.17) is 23.7 Å². The summed E-state index contributed by atoms with van der Waals surface area (Å²) in [6, 6.07) is 10.9. The molecule has 0 radical (unpaired) electrons. The number of fused-ring (bicyclic) bond motifs is 1. The molecule has 4 rings (SSSR count). The Morgan fingerprint density at radius 2 is 1.67 bits per heavy atom. The maximum Gasteiger partial charge on any atom is 0.163 e. The van der Waals surface area contributed by atoms with Gasteiger partial charge in [-0.15, -0.1) is 0 Å². The molecule has 0 saturated carbocycles. The van der Waals surface area contributed by atoms with Crippen molar-refractivity contribution in [3.8, 4) is 23.0 Å². The van der Waals surface area contributed by atoms with Gasteiger partial charge in [-0.2, -0.15) is 0 Å². The maximum absolute atomic E-state index is 12.3. The predicted octanol–water partition coefficient (Wildman–Crippen LogP) is 3.43. The molecule has 190 valence electrons. The fraction of sp³-hybridized carbons (Fsp3) is 0.357. The maximum atomic E-state index is 12.3. The number of ketones is 2. The van der Waals surface area contributed by atoms with Crippen molar-refractivity contribution in [2.75, 3.05) is 59.8 Å². The second-order valence-corrected chi connectivity index (χ2v) is 8.39. The summed E-state index contributed by atoms with van der Waals surface area (Å²) in [5.74, 6) is 2.05. The van der Waals surface area contributed by atoms with Crippen LogP contribution in [0.25, 0.3) is 12.2 Å². The molecule has 0 spiro atoms. The summed E-state index contributed by atoms with van der Waals surface area (Å²) in [4.78, 5) is 26.9. The van der Waals surface area contributed by atoms with E-state index in [0.717, 1.165) is 44.0 Å². The predicted molar refractivity (Wildman–Crippen MR) is 136 cm³/mol. The number of hydrogen-bond acceptors (Lipinski definition) is 8. The molecule has 8 heteroatoms. The average Bonchev–Trinajstić information content (AvgIpc) is 2.91. The standard InChI is InChI=1S/C28H31NO7/c1-32-27-20-25(34-15-12-29-10-13-33-14-11-29)8-5-22(27)4-7-24(31)19-23(30)6-2-21-3-9-26-28(18-21)36-17-16-35-26/h2-9,18,20H,10-17,19H2,1H3/b6-2+,7-4+. The first-order valence-electron chi connectivity index (χ1n) is 12.0. The monoisotopic (exact) mass is 493 g/mol. The largest absolute Gasteiger partial charge is 0.496 e. The van der Waals surface area contributed by atoms with E-state index in [9.17, 15) is 9.59 Å². The Balaban J connectivity index is 1.26. The molecule has 1 saturated heterocycles. The summed E-state index contributed by atoms with van der Waals surface area (Å²) in [6.07, 6.45) is 5.89. The van der Waals surface area contributed by atoms with Gasteiger partial charge in [0.05, 0.1) is 26.7 Å². The van der Waals surface area contributed by atoms with Crippen LogP contribution in [0.2, 0.25) is 0 Å². The molecule has 0 aliphatic carbocycles. The van der Waals surface area contributed by atoms with E-state index in [1.54, 1.807) is 31.4 Å². The second-order valence-electron chi connectivity index (χ2n) is 8.39. The molecule has 8 nitrogen and oxygen atoms in total. The molecule has 0 N–H and O–H groups in total. The summed E-state index contributed by atoms with van der Waals surface area (Å²) in [5, 5.41) is 0. The molecule has 2 aliphatic rings. The Hall–Kier alpha value is -3.62. The molecule has 0 bridgehead atoms. The normalized spacial score (nSPS) is 15.8. The zero-order valence-electron chi connectivity index (χ0n) is 20.4. The molecule has 0 aromatic heterocycles. The van der Waals surface area contributed by atoms with Gasteiger partial charge < -0.3 is 23.7 Å². The van der Waals surface area contributed by atoms with Gasteiger partial charge in [0.25, 0.3) is 0 Å². The number of carbonyl (C=O) groups excluding carboxylic acids is 2. The lowest BCUT2D eigenvalue weighted by atomic mass is 10.1. The Bertz CT molecular complexity index is 1120. The average molecular weight is 494 g/mol. The smallest absolute Gasteiger partial charge is 0.163 e. The van der Waals surface area contributed by atoms with Crippen LogP contribution in [0, 0.1) is 0 Å². The van der Waals surface area contributed by atoms with Crippen molar-refractivity contribution in [3.05, 3.63) is 59.7 Å². The Kier molecular flexibility index (Phi) is 9.13. The summed E-state index contributed by atoms with van der Waals surface area (Å²) in [7, 11) is 1.57.